The van der Waals surface area contributed by atoms with Gasteiger partial charge in [-0.05, 0) is 39.3 Å². The molecule has 0 saturated carbocycles. The number of aliphatic imine (C=N–C) groups is 1. The molecule has 1 atom stereocenters. The molecule has 0 bridgehead atoms. The van der Waals surface area contributed by atoms with Crippen LogP contribution >= 0.6 is 0 Å². The molecule has 26 heavy (non-hydrogen) atoms. The van der Waals surface area contributed by atoms with Crippen LogP contribution in [-0.4, -0.2) is 48.3 Å². The zero-order valence-electron chi connectivity index (χ0n) is 15.8. The first-order chi connectivity index (χ1) is 12.6. The molecule has 1 aromatic heterocycles. The Morgan fingerprint density at radius 1 is 1.31 bits per heavy atom. The van der Waals surface area contributed by atoms with Crippen LogP contribution in [0.5, 0.6) is 0 Å². The highest BCUT2D eigenvalue weighted by Crippen LogP contribution is 2.20. The van der Waals surface area contributed by atoms with Crippen LogP contribution in [0.4, 0.5) is 5.69 Å². The van der Waals surface area contributed by atoms with Crippen LogP contribution in [0.25, 0.3) is 0 Å². The molecule has 1 saturated heterocycles. The van der Waals surface area contributed by atoms with Crippen LogP contribution in [0.2, 0.25) is 0 Å². The second kappa shape index (κ2) is 8.69. The molecule has 0 spiro atoms. The van der Waals surface area contributed by atoms with E-state index in [1.165, 1.54) is 11.3 Å². The van der Waals surface area contributed by atoms with E-state index in [0.29, 0.717) is 30.7 Å². The number of aromatic nitrogens is 2. The molecule has 3 rings (SSSR count). The van der Waals surface area contributed by atoms with E-state index in [-0.39, 0.29) is 0 Å². The van der Waals surface area contributed by atoms with E-state index in [2.05, 4.69) is 68.8 Å². The number of guanidine groups is 1. The Labute approximate surface area is 154 Å². The Kier molecular flexibility index (Phi) is 6.09. The molecule has 2 aromatic rings. The molecule has 1 aromatic carbocycles. The summed E-state index contributed by atoms with van der Waals surface area (Å²) in [5.41, 5.74) is 2.58. The normalized spacial score (nSPS) is 17.6. The Morgan fingerprint density at radius 3 is 2.81 bits per heavy atom. The van der Waals surface area contributed by atoms with E-state index in [1.54, 1.807) is 0 Å². The first-order valence-corrected chi connectivity index (χ1v) is 9.29. The van der Waals surface area contributed by atoms with Gasteiger partial charge >= 0.3 is 0 Å². The molecule has 1 fully saturated rings. The van der Waals surface area contributed by atoms with Crippen molar-refractivity contribution in [2.75, 3.05) is 31.1 Å². The van der Waals surface area contributed by atoms with Gasteiger partial charge in [0.05, 0.1) is 6.54 Å². The van der Waals surface area contributed by atoms with E-state index in [9.17, 15) is 0 Å². The Balaban J connectivity index is 1.52. The van der Waals surface area contributed by atoms with Crippen molar-refractivity contribution in [1.82, 2.24) is 20.8 Å². The maximum atomic E-state index is 5.13. The van der Waals surface area contributed by atoms with Crippen molar-refractivity contribution in [3.05, 3.63) is 41.5 Å². The van der Waals surface area contributed by atoms with Gasteiger partial charge in [0.15, 0.2) is 11.8 Å². The average molecular weight is 356 g/mol. The summed E-state index contributed by atoms with van der Waals surface area (Å²) < 4.78 is 5.13. The number of hydrogen-bond donors (Lipinski definition) is 2. The molecule has 0 amide bonds. The van der Waals surface area contributed by atoms with Crippen molar-refractivity contribution >= 4 is 11.6 Å². The molecule has 0 aliphatic carbocycles. The highest BCUT2D eigenvalue weighted by Gasteiger charge is 2.23. The fourth-order valence-electron chi connectivity index (χ4n) is 3.09. The lowest BCUT2D eigenvalue weighted by molar-refractivity contribution is 0.376. The third kappa shape index (κ3) is 4.97. The van der Waals surface area contributed by atoms with Crippen LogP contribution in [-0.2, 0) is 6.42 Å². The minimum absolute atomic E-state index is 0.389. The minimum atomic E-state index is 0.389. The van der Waals surface area contributed by atoms with Gasteiger partial charge in [-0.2, -0.15) is 4.98 Å². The summed E-state index contributed by atoms with van der Waals surface area (Å²) in [6.07, 6.45) is 1.75. The van der Waals surface area contributed by atoms with Gasteiger partial charge in [-0.1, -0.05) is 22.9 Å². The van der Waals surface area contributed by atoms with Crippen molar-refractivity contribution in [3.8, 4) is 0 Å². The van der Waals surface area contributed by atoms with Gasteiger partial charge in [-0.15, -0.1) is 0 Å². The quantitative estimate of drug-likeness (QED) is 0.609. The third-order valence-corrected chi connectivity index (χ3v) is 4.44. The van der Waals surface area contributed by atoms with Crippen molar-refractivity contribution in [2.45, 2.75) is 39.7 Å². The molecule has 2 N–H and O–H groups in total. The topological polar surface area (TPSA) is 78.6 Å². The number of nitrogens with one attached hydrogen (secondary N) is 2. The Morgan fingerprint density at radius 2 is 2.12 bits per heavy atom. The molecule has 140 valence electrons. The van der Waals surface area contributed by atoms with Crippen molar-refractivity contribution in [2.24, 2.45) is 4.99 Å². The zero-order chi connectivity index (χ0) is 18.4. The number of rotatable bonds is 6. The molecular weight excluding hydrogens is 328 g/mol. The minimum Gasteiger partial charge on any atom is -0.369 e. The van der Waals surface area contributed by atoms with Gasteiger partial charge in [0.2, 0.25) is 5.89 Å². The van der Waals surface area contributed by atoms with Gasteiger partial charge in [-0.25, -0.2) is 0 Å². The summed E-state index contributed by atoms with van der Waals surface area (Å²) in [6.45, 7) is 9.50. The molecular formula is C19H28N6O. The van der Waals surface area contributed by atoms with Gasteiger partial charge in [-0.3, -0.25) is 4.99 Å². The van der Waals surface area contributed by atoms with Gasteiger partial charge in [0.25, 0.3) is 0 Å². The van der Waals surface area contributed by atoms with Gasteiger partial charge in [0.1, 0.15) is 0 Å². The van der Waals surface area contributed by atoms with Crippen molar-refractivity contribution in [1.29, 1.82) is 0 Å². The summed E-state index contributed by atoms with van der Waals surface area (Å²) in [5.74, 6) is 2.14. The molecule has 7 nitrogen and oxygen atoms in total. The predicted molar refractivity (Wildman–Crippen MR) is 104 cm³/mol. The van der Waals surface area contributed by atoms with Crippen LogP contribution in [0.3, 0.4) is 0 Å². The maximum absolute atomic E-state index is 5.13. The van der Waals surface area contributed by atoms with Crippen LogP contribution < -0.4 is 15.5 Å². The average Bonchev–Trinajstić information content (AvgIpc) is 3.25. The van der Waals surface area contributed by atoms with E-state index < -0.39 is 0 Å². The molecule has 2 heterocycles. The first-order valence-electron chi connectivity index (χ1n) is 9.29. The third-order valence-electron chi connectivity index (χ3n) is 4.44. The van der Waals surface area contributed by atoms with Crippen molar-refractivity contribution < 1.29 is 4.52 Å². The molecule has 1 aliphatic rings. The second-order valence-corrected chi connectivity index (χ2v) is 6.66. The van der Waals surface area contributed by atoms with Crippen LogP contribution in [0.15, 0.2) is 33.8 Å². The lowest BCUT2D eigenvalue weighted by Crippen LogP contribution is -2.44. The second-order valence-electron chi connectivity index (χ2n) is 6.66. The van der Waals surface area contributed by atoms with E-state index in [1.807, 2.05) is 6.92 Å². The molecule has 7 heteroatoms. The lowest BCUT2D eigenvalue weighted by Gasteiger charge is -2.20. The summed E-state index contributed by atoms with van der Waals surface area (Å²) >= 11 is 0. The van der Waals surface area contributed by atoms with Gasteiger partial charge in [0, 0.05) is 37.8 Å². The van der Waals surface area contributed by atoms with Gasteiger partial charge < -0.3 is 20.1 Å². The smallest absolute Gasteiger partial charge is 0.228 e. The maximum Gasteiger partial charge on any atom is 0.228 e. The first kappa shape index (κ1) is 18.2. The molecule has 1 unspecified atom stereocenters. The fraction of sp³-hybridized carbons (Fsp3) is 0.526. The number of hydrogen-bond acceptors (Lipinski definition) is 5. The number of aryl methyl sites for hydroxylation is 2. The highest BCUT2D eigenvalue weighted by atomic mass is 16.5. The lowest BCUT2D eigenvalue weighted by atomic mass is 10.2. The van der Waals surface area contributed by atoms with Crippen molar-refractivity contribution in [3.63, 3.8) is 0 Å². The summed E-state index contributed by atoms with van der Waals surface area (Å²) in [6, 6.07) is 9.12. The largest absolute Gasteiger partial charge is 0.369 e. The monoisotopic (exact) mass is 356 g/mol. The van der Waals surface area contributed by atoms with E-state index >= 15 is 0 Å². The Hall–Kier alpha value is -2.57. The van der Waals surface area contributed by atoms with Crippen LogP contribution in [0.1, 0.15) is 30.6 Å². The number of anilines is 1. The number of nitrogens with zero attached hydrogens (tertiary/aromatic N) is 4. The van der Waals surface area contributed by atoms with E-state index in [4.69, 9.17) is 4.52 Å². The Bertz CT molecular complexity index is 724. The SMILES string of the molecule is CCNC(=NCCc1nc(C)no1)NC1CCN(c2ccc(C)cc2)C1. The number of benzene rings is 1. The van der Waals surface area contributed by atoms with E-state index in [0.717, 1.165) is 32.0 Å². The fourth-order valence-corrected chi connectivity index (χ4v) is 3.09. The van der Waals surface area contributed by atoms with Crippen LogP contribution in [0, 0.1) is 13.8 Å². The molecule has 1 aliphatic heterocycles. The standard InChI is InChI=1S/C19H28N6O/c1-4-20-19(21-11-9-18-22-15(3)24-26-18)23-16-10-12-25(13-16)17-7-5-14(2)6-8-17/h5-8,16H,4,9-13H2,1-3H3,(H2,20,21,23). The summed E-state index contributed by atoms with van der Waals surface area (Å²) in [5, 5.41) is 10.7. The summed E-state index contributed by atoms with van der Waals surface area (Å²) in [4.78, 5) is 11.3. The molecule has 0 radical (unpaired) electrons. The predicted octanol–water partition coefficient (Wildman–Crippen LogP) is 2.06. The highest BCUT2D eigenvalue weighted by molar-refractivity contribution is 5.80. The zero-order valence-corrected chi connectivity index (χ0v) is 15.8. The summed E-state index contributed by atoms with van der Waals surface area (Å²) in [7, 11) is 0.